The van der Waals surface area contributed by atoms with Crippen LogP contribution in [0.3, 0.4) is 0 Å². The molecule has 0 fully saturated rings. The van der Waals surface area contributed by atoms with Crippen molar-refractivity contribution in [2.24, 2.45) is 0 Å². The van der Waals surface area contributed by atoms with Gasteiger partial charge in [-0.25, -0.2) is 0 Å². The fourth-order valence-corrected chi connectivity index (χ4v) is 2.84. The number of rotatable bonds is 4. The average molecular weight is 325 g/mol. The van der Waals surface area contributed by atoms with Crippen molar-refractivity contribution >= 4 is 0 Å². The second kappa shape index (κ2) is 6.86. The van der Waals surface area contributed by atoms with E-state index in [4.69, 9.17) is 9.47 Å². The second-order valence-corrected chi connectivity index (χ2v) is 7.45. The average Bonchev–Trinajstić information content (AvgIpc) is 2.59. The largest absolute Gasteiger partial charge is 0.486 e. The Labute approximate surface area is 145 Å². The maximum absolute atomic E-state index is 5.67. The zero-order valence-electron chi connectivity index (χ0n) is 15.1. The number of ether oxygens (including phenoxy) is 2. The molecular weight excluding hydrogens is 298 g/mol. The summed E-state index contributed by atoms with van der Waals surface area (Å²) >= 11 is 0. The van der Waals surface area contributed by atoms with Crippen LogP contribution in [0.5, 0.6) is 11.5 Å². The number of hydrogen-bond acceptors (Lipinski definition) is 3. The molecule has 0 radical (unpaired) electrons. The van der Waals surface area contributed by atoms with Crippen molar-refractivity contribution in [3.63, 3.8) is 0 Å². The van der Waals surface area contributed by atoms with Crippen LogP contribution < -0.4 is 14.8 Å². The molecule has 3 rings (SSSR count). The molecule has 1 unspecified atom stereocenters. The van der Waals surface area contributed by atoms with Crippen LogP contribution in [0.1, 0.15) is 50.4 Å². The standard InChI is InChI=1S/C21H27NO2/c1-15(17-7-10-19-20(13-17)24-12-11-23-19)22-14-16-5-8-18(9-6-16)21(2,3)4/h5-10,13,15,22H,11-12,14H2,1-4H3. The lowest BCUT2D eigenvalue weighted by Crippen LogP contribution is -2.19. The Bertz CT molecular complexity index is 686. The van der Waals surface area contributed by atoms with Gasteiger partial charge < -0.3 is 14.8 Å². The van der Waals surface area contributed by atoms with Gasteiger partial charge in [0.15, 0.2) is 11.5 Å². The molecule has 0 saturated heterocycles. The predicted molar refractivity (Wildman–Crippen MR) is 97.8 cm³/mol. The molecule has 1 aliphatic heterocycles. The Kier molecular flexibility index (Phi) is 4.81. The van der Waals surface area contributed by atoms with Crippen LogP contribution in [-0.2, 0) is 12.0 Å². The van der Waals surface area contributed by atoms with Crippen molar-refractivity contribution in [1.82, 2.24) is 5.32 Å². The molecule has 3 heteroatoms. The SMILES string of the molecule is CC(NCc1ccc(C(C)(C)C)cc1)c1ccc2c(c1)OCCO2. The van der Waals surface area contributed by atoms with E-state index in [-0.39, 0.29) is 11.5 Å². The Morgan fingerprint density at radius 3 is 2.29 bits per heavy atom. The van der Waals surface area contributed by atoms with Crippen LogP contribution in [0.4, 0.5) is 0 Å². The Morgan fingerprint density at radius 2 is 1.62 bits per heavy atom. The maximum atomic E-state index is 5.67. The van der Waals surface area contributed by atoms with E-state index >= 15 is 0 Å². The second-order valence-electron chi connectivity index (χ2n) is 7.45. The van der Waals surface area contributed by atoms with Gasteiger partial charge in [0, 0.05) is 12.6 Å². The summed E-state index contributed by atoms with van der Waals surface area (Å²) in [6, 6.07) is 15.3. The molecule has 1 N–H and O–H groups in total. The first-order valence-electron chi connectivity index (χ1n) is 8.66. The van der Waals surface area contributed by atoms with Gasteiger partial charge in [0.25, 0.3) is 0 Å². The summed E-state index contributed by atoms with van der Waals surface area (Å²) in [5, 5.41) is 3.58. The van der Waals surface area contributed by atoms with Crippen LogP contribution in [0.2, 0.25) is 0 Å². The molecule has 0 aromatic heterocycles. The third-order valence-electron chi connectivity index (χ3n) is 4.50. The molecule has 24 heavy (non-hydrogen) atoms. The van der Waals surface area contributed by atoms with Gasteiger partial charge in [-0.15, -0.1) is 0 Å². The highest BCUT2D eigenvalue weighted by molar-refractivity contribution is 5.44. The first-order valence-corrected chi connectivity index (χ1v) is 8.66. The highest BCUT2D eigenvalue weighted by atomic mass is 16.6. The summed E-state index contributed by atoms with van der Waals surface area (Å²) in [5.41, 5.74) is 4.08. The number of nitrogens with one attached hydrogen (secondary N) is 1. The molecule has 1 heterocycles. The number of benzene rings is 2. The number of hydrogen-bond donors (Lipinski definition) is 1. The minimum Gasteiger partial charge on any atom is -0.486 e. The molecule has 0 spiro atoms. The van der Waals surface area contributed by atoms with Gasteiger partial charge in [0.05, 0.1) is 0 Å². The quantitative estimate of drug-likeness (QED) is 0.890. The highest BCUT2D eigenvalue weighted by Gasteiger charge is 2.15. The number of fused-ring (bicyclic) bond motifs is 1. The lowest BCUT2D eigenvalue weighted by Gasteiger charge is -2.21. The summed E-state index contributed by atoms with van der Waals surface area (Å²) in [6.07, 6.45) is 0. The fraction of sp³-hybridized carbons (Fsp3) is 0.429. The third kappa shape index (κ3) is 3.90. The Balaban J connectivity index is 1.62. The molecule has 0 bridgehead atoms. The molecule has 0 saturated carbocycles. The predicted octanol–water partition coefficient (Wildman–Crippen LogP) is 4.61. The lowest BCUT2D eigenvalue weighted by molar-refractivity contribution is 0.171. The third-order valence-corrected chi connectivity index (χ3v) is 4.50. The Morgan fingerprint density at radius 1 is 0.958 bits per heavy atom. The van der Waals surface area contributed by atoms with Gasteiger partial charge >= 0.3 is 0 Å². The van der Waals surface area contributed by atoms with Crippen molar-refractivity contribution in [1.29, 1.82) is 0 Å². The van der Waals surface area contributed by atoms with E-state index in [0.29, 0.717) is 13.2 Å². The molecule has 0 amide bonds. The van der Waals surface area contributed by atoms with E-state index in [9.17, 15) is 0 Å². The van der Waals surface area contributed by atoms with Gasteiger partial charge in [-0.05, 0) is 41.2 Å². The lowest BCUT2D eigenvalue weighted by atomic mass is 9.87. The van der Waals surface area contributed by atoms with Crippen LogP contribution in [-0.4, -0.2) is 13.2 Å². The van der Waals surface area contributed by atoms with Crippen molar-refractivity contribution in [3.8, 4) is 11.5 Å². The van der Waals surface area contributed by atoms with E-state index < -0.39 is 0 Å². The molecule has 2 aromatic rings. The van der Waals surface area contributed by atoms with E-state index in [0.717, 1.165) is 18.0 Å². The summed E-state index contributed by atoms with van der Waals surface area (Å²) in [5.74, 6) is 1.69. The van der Waals surface area contributed by atoms with Crippen LogP contribution in [0.15, 0.2) is 42.5 Å². The van der Waals surface area contributed by atoms with Gasteiger partial charge in [-0.1, -0.05) is 51.1 Å². The minimum absolute atomic E-state index is 0.199. The molecular formula is C21H27NO2. The minimum atomic E-state index is 0.199. The monoisotopic (exact) mass is 325 g/mol. The summed E-state index contributed by atoms with van der Waals surface area (Å²) in [4.78, 5) is 0. The van der Waals surface area contributed by atoms with E-state index in [1.807, 2.05) is 6.07 Å². The normalized spacial score (nSPS) is 15.2. The van der Waals surface area contributed by atoms with Gasteiger partial charge in [0.2, 0.25) is 0 Å². The Hall–Kier alpha value is -2.00. The van der Waals surface area contributed by atoms with Gasteiger partial charge in [-0.3, -0.25) is 0 Å². The first kappa shape index (κ1) is 16.8. The van der Waals surface area contributed by atoms with Crippen LogP contribution in [0.25, 0.3) is 0 Å². The fourth-order valence-electron chi connectivity index (χ4n) is 2.84. The smallest absolute Gasteiger partial charge is 0.161 e. The van der Waals surface area contributed by atoms with Crippen molar-refractivity contribution in [2.45, 2.75) is 45.7 Å². The van der Waals surface area contributed by atoms with E-state index in [1.54, 1.807) is 0 Å². The van der Waals surface area contributed by atoms with Gasteiger partial charge in [0.1, 0.15) is 13.2 Å². The molecule has 2 aromatic carbocycles. The summed E-state index contributed by atoms with van der Waals surface area (Å²) in [6.45, 7) is 11.0. The maximum Gasteiger partial charge on any atom is 0.161 e. The van der Waals surface area contributed by atoms with Crippen molar-refractivity contribution < 1.29 is 9.47 Å². The van der Waals surface area contributed by atoms with Gasteiger partial charge in [-0.2, -0.15) is 0 Å². The summed E-state index contributed by atoms with van der Waals surface area (Å²) in [7, 11) is 0. The van der Waals surface area contributed by atoms with Crippen LogP contribution >= 0.6 is 0 Å². The van der Waals surface area contributed by atoms with E-state index in [1.165, 1.54) is 16.7 Å². The highest BCUT2D eigenvalue weighted by Crippen LogP contribution is 2.32. The van der Waals surface area contributed by atoms with Crippen molar-refractivity contribution in [2.75, 3.05) is 13.2 Å². The summed E-state index contributed by atoms with van der Waals surface area (Å²) < 4.78 is 11.2. The molecule has 0 aliphatic carbocycles. The zero-order chi connectivity index (χ0) is 17.2. The molecule has 3 nitrogen and oxygen atoms in total. The zero-order valence-corrected chi connectivity index (χ0v) is 15.1. The van der Waals surface area contributed by atoms with Crippen LogP contribution in [0, 0.1) is 0 Å². The molecule has 1 aliphatic rings. The van der Waals surface area contributed by atoms with Crippen molar-refractivity contribution in [3.05, 3.63) is 59.2 Å². The molecule has 1 atom stereocenters. The first-order chi connectivity index (χ1) is 11.4. The molecule has 128 valence electrons. The van der Waals surface area contributed by atoms with E-state index in [2.05, 4.69) is 69.4 Å². The topological polar surface area (TPSA) is 30.5 Å².